The van der Waals surface area contributed by atoms with Gasteiger partial charge in [-0.2, -0.15) is 4.99 Å². The first-order valence-corrected chi connectivity index (χ1v) is 9.52. The van der Waals surface area contributed by atoms with Crippen LogP contribution in [0, 0.1) is 12.7 Å². The third kappa shape index (κ3) is 5.02. The first-order valence-electron chi connectivity index (χ1n) is 8.70. The molecule has 5 nitrogen and oxygen atoms in total. The fraction of sp³-hybridized carbons (Fsp3) is 0.300. The number of benzene rings is 2. The van der Waals surface area contributed by atoms with Gasteiger partial charge in [-0.3, -0.25) is 4.79 Å². The molecule has 0 aliphatic rings. The molecule has 0 spiro atoms. The van der Waals surface area contributed by atoms with E-state index in [1.165, 1.54) is 23.5 Å². The highest BCUT2D eigenvalue weighted by atomic mass is 32.1. The number of rotatable bonds is 7. The van der Waals surface area contributed by atoms with Crippen LogP contribution < -0.4 is 9.54 Å². The Morgan fingerprint density at radius 1 is 1.26 bits per heavy atom. The highest BCUT2D eigenvalue weighted by Gasteiger charge is 2.09. The summed E-state index contributed by atoms with van der Waals surface area (Å²) in [5, 5.41) is 0. The fourth-order valence-corrected chi connectivity index (χ4v) is 3.74. The molecule has 142 valence electrons. The molecular weight excluding hydrogens is 367 g/mol. The van der Waals surface area contributed by atoms with Gasteiger partial charge >= 0.3 is 0 Å². The number of ether oxygens (including phenoxy) is 2. The van der Waals surface area contributed by atoms with E-state index in [1.807, 2.05) is 36.6 Å². The molecule has 1 aromatic heterocycles. The average molecular weight is 388 g/mol. The van der Waals surface area contributed by atoms with Crippen LogP contribution in [0.1, 0.15) is 12.5 Å². The fourth-order valence-electron chi connectivity index (χ4n) is 2.64. The summed E-state index contributed by atoms with van der Waals surface area (Å²) >= 11 is 1.27. The third-order valence-corrected chi connectivity index (χ3v) is 4.92. The molecular formula is C20H21FN2O3S. The van der Waals surface area contributed by atoms with Crippen LogP contribution in [0.5, 0.6) is 5.75 Å². The van der Waals surface area contributed by atoms with Crippen LogP contribution in [-0.4, -0.2) is 30.3 Å². The van der Waals surface area contributed by atoms with Crippen molar-refractivity contribution in [3.05, 3.63) is 58.6 Å². The van der Waals surface area contributed by atoms with Gasteiger partial charge in [0.05, 0.1) is 16.8 Å². The van der Waals surface area contributed by atoms with Gasteiger partial charge in [-0.15, -0.1) is 0 Å². The van der Waals surface area contributed by atoms with Crippen LogP contribution in [0.25, 0.3) is 10.2 Å². The molecule has 0 radical (unpaired) electrons. The standard InChI is InChI=1S/C20H21FN2O3S/c1-3-25-10-9-23-17-8-7-15(21)12-18(17)27-20(23)22-19(24)13-26-16-6-4-5-14(2)11-16/h4-8,11-12H,3,9-10,13H2,1-2H3. The maximum absolute atomic E-state index is 13.5. The number of hydrogen-bond acceptors (Lipinski definition) is 4. The van der Waals surface area contributed by atoms with Crippen molar-refractivity contribution in [3.8, 4) is 5.75 Å². The largest absolute Gasteiger partial charge is 0.484 e. The van der Waals surface area contributed by atoms with E-state index in [0.717, 1.165) is 15.8 Å². The summed E-state index contributed by atoms with van der Waals surface area (Å²) in [6.45, 7) is 5.34. The number of carbonyl (C=O) groups is 1. The molecule has 0 atom stereocenters. The number of halogens is 1. The minimum Gasteiger partial charge on any atom is -0.484 e. The van der Waals surface area contributed by atoms with Gasteiger partial charge in [0.25, 0.3) is 5.91 Å². The van der Waals surface area contributed by atoms with Crippen molar-refractivity contribution >= 4 is 27.5 Å². The van der Waals surface area contributed by atoms with Crippen LogP contribution in [0.2, 0.25) is 0 Å². The molecule has 1 heterocycles. The second-order valence-electron chi connectivity index (χ2n) is 5.96. The van der Waals surface area contributed by atoms with Crippen molar-refractivity contribution in [2.45, 2.75) is 20.4 Å². The van der Waals surface area contributed by atoms with Gasteiger partial charge in [0.15, 0.2) is 11.4 Å². The Morgan fingerprint density at radius 2 is 2.11 bits per heavy atom. The van der Waals surface area contributed by atoms with E-state index in [2.05, 4.69) is 4.99 Å². The lowest BCUT2D eigenvalue weighted by Gasteiger charge is -2.06. The zero-order chi connectivity index (χ0) is 19.2. The van der Waals surface area contributed by atoms with Gasteiger partial charge in [-0.25, -0.2) is 4.39 Å². The first kappa shape index (κ1) is 19.3. The topological polar surface area (TPSA) is 52.8 Å². The maximum atomic E-state index is 13.5. The summed E-state index contributed by atoms with van der Waals surface area (Å²) in [5.74, 6) is -0.0868. The normalized spacial score (nSPS) is 11.9. The number of hydrogen-bond donors (Lipinski definition) is 0. The number of carbonyl (C=O) groups excluding carboxylic acids is 1. The molecule has 0 unspecified atom stereocenters. The van der Waals surface area contributed by atoms with Crippen LogP contribution >= 0.6 is 11.3 Å². The van der Waals surface area contributed by atoms with E-state index in [-0.39, 0.29) is 12.4 Å². The van der Waals surface area contributed by atoms with Crippen molar-refractivity contribution in [3.63, 3.8) is 0 Å². The highest BCUT2D eigenvalue weighted by Crippen LogP contribution is 2.18. The number of aryl methyl sites for hydroxylation is 1. The lowest BCUT2D eigenvalue weighted by molar-refractivity contribution is -0.120. The Balaban J connectivity index is 1.84. The monoisotopic (exact) mass is 388 g/mol. The second-order valence-corrected chi connectivity index (χ2v) is 6.97. The lowest BCUT2D eigenvalue weighted by atomic mass is 10.2. The molecule has 0 aliphatic heterocycles. The summed E-state index contributed by atoms with van der Waals surface area (Å²) in [6, 6.07) is 12.0. The van der Waals surface area contributed by atoms with Gasteiger partial charge in [0.1, 0.15) is 11.6 Å². The average Bonchev–Trinajstić information content (AvgIpc) is 2.96. The van der Waals surface area contributed by atoms with Gasteiger partial charge in [-0.1, -0.05) is 23.5 Å². The Labute approximate surface area is 160 Å². The van der Waals surface area contributed by atoms with Gasteiger partial charge in [-0.05, 0) is 49.7 Å². The molecule has 7 heteroatoms. The Bertz CT molecular complexity index is 1010. The highest BCUT2D eigenvalue weighted by molar-refractivity contribution is 7.16. The van der Waals surface area contributed by atoms with Crippen molar-refractivity contribution in [1.82, 2.24) is 4.57 Å². The summed E-state index contributed by atoms with van der Waals surface area (Å²) < 4.78 is 27.1. The Morgan fingerprint density at radius 3 is 2.89 bits per heavy atom. The molecule has 27 heavy (non-hydrogen) atoms. The van der Waals surface area contributed by atoms with Crippen LogP contribution in [0.15, 0.2) is 47.5 Å². The predicted molar refractivity (Wildman–Crippen MR) is 104 cm³/mol. The van der Waals surface area contributed by atoms with Gasteiger partial charge < -0.3 is 14.0 Å². The van der Waals surface area contributed by atoms with Crippen molar-refractivity contribution in [2.75, 3.05) is 19.8 Å². The molecule has 0 saturated heterocycles. The molecule has 0 fully saturated rings. The zero-order valence-electron chi connectivity index (χ0n) is 15.3. The van der Waals surface area contributed by atoms with E-state index in [4.69, 9.17) is 9.47 Å². The van der Waals surface area contributed by atoms with Gasteiger partial charge in [0, 0.05) is 13.2 Å². The molecule has 0 bridgehead atoms. The second kappa shape index (κ2) is 8.92. The molecule has 3 rings (SSSR count). The SMILES string of the molecule is CCOCCn1c(=NC(=O)COc2cccc(C)c2)sc2cc(F)ccc21. The summed E-state index contributed by atoms with van der Waals surface area (Å²) in [5.41, 5.74) is 1.88. The smallest absolute Gasteiger partial charge is 0.286 e. The molecule has 3 aromatic rings. The number of thiazole rings is 1. The first-order chi connectivity index (χ1) is 13.1. The van der Waals surface area contributed by atoms with E-state index in [1.54, 1.807) is 12.1 Å². The van der Waals surface area contributed by atoms with Crippen molar-refractivity contribution in [1.29, 1.82) is 0 Å². The Kier molecular flexibility index (Phi) is 6.36. The van der Waals surface area contributed by atoms with Crippen molar-refractivity contribution in [2.24, 2.45) is 4.99 Å². The van der Waals surface area contributed by atoms with Crippen LogP contribution in [0.4, 0.5) is 4.39 Å². The zero-order valence-corrected chi connectivity index (χ0v) is 16.1. The number of nitrogens with zero attached hydrogens (tertiary/aromatic N) is 2. The minimum atomic E-state index is -0.395. The molecule has 2 aromatic carbocycles. The van der Waals surface area contributed by atoms with Crippen LogP contribution in [-0.2, 0) is 16.1 Å². The quantitative estimate of drug-likeness (QED) is 0.580. The predicted octanol–water partition coefficient (Wildman–Crippen LogP) is 3.69. The minimum absolute atomic E-state index is 0.155. The number of amides is 1. The van der Waals surface area contributed by atoms with E-state index in [0.29, 0.717) is 30.3 Å². The summed E-state index contributed by atoms with van der Waals surface area (Å²) in [7, 11) is 0. The van der Waals surface area contributed by atoms with E-state index in [9.17, 15) is 9.18 Å². The summed E-state index contributed by atoms with van der Waals surface area (Å²) in [4.78, 5) is 17.0. The van der Waals surface area contributed by atoms with Crippen molar-refractivity contribution < 1.29 is 18.7 Å². The van der Waals surface area contributed by atoms with E-state index < -0.39 is 5.91 Å². The van der Waals surface area contributed by atoms with Crippen LogP contribution in [0.3, 0.4) is 0 Å². The van der Waals surface area contributed by atoms with E-state index >= 15 is 0 Å². The third-order valence-electron chi connectivity index (χ3n) is 3.88. The maximum Gasteiger partial charge on any atom is 0.286 e. The number of fused-ring (bicyclic) bond motifs is 1. The van der Waals surface area contributed by atoms with Gasteiger partial charge in [0.2, 0.25) is 0 Å². The Hall–Kier alpha value is -2.51. The molecule has 1 amide bonds. The summed E-state index contributed by atoms with van der Waals surface area (Å²) in [6.07, 6.45) is 0. The molecule has 0 aliphatic carbocycles. The lowest BCUT2D eigenvalue weighted by Crippen LogP contribution is -2.21. The number of aromatic nitrogens is 1. The molecule has 0 saturated carbocycles. The molecule has 0 N–H and O–H groups in total.